The summed E-state index contributed by atoms with van der Waals surface area (Å²) in [7, 11) is 0. The van der Waals surface area contributed by atoms with E-state index in [2.05, 4.69) is 31.9 Å². The number of amides is 2. The fraction of sp³-hybridized carbons (Fsp3) is 0.300. The molecule has 0 spiro atoms. The van der Waals surface area contributed by atoms with Gasteiger partial charge >= 0.3 is 0 Å². The zero-order valence-corrected chi connectivity index (χ0v) is 18.3. The molecule has 1 saturated heterocycles. The molecule has 0 aromatic heterocycles. The third kappa shape index (κ3) is 5.97. The van der Waals surface area contributed by atoms with E-state index in [0.29, 0.717) is 37.7 Å². The molecule has 0 aliphatic carbocycles. The first kappa shape index (κ1) is 20.7. The average Bonchev–Trinajstić information content (AvgIpc) is 2.70. The van der Waals surface area contributed by atoms with Crippen LogP contribution in [0.4, 0.5) is 0 Å². The summed E-state index contributed by atoms with van der Waals surface area (Å²) in [5.74, 6) is 1.11. The van der Waals surface area contributed by atoms with Crippen LogP contribution >= 0.6 is 31.9 Å². The van der Waals surface area contributed by atoms with Gasteiger partial charge in [-0.25, -0.2) is 0 Å². The summed E-state index contributed by atoms with van der Waals surface area (Å²) in [4.78, 5) is 28.1. The van der Waals surface area contributed by atoms with Crippen LogP contribution in [-0.4, -0.2) is 61.0 Å². The zero-order valence-electron chi connectivity index (χ0n) is 15.1. The van der Waals surface area contributed by atoms with Crippen molar-refractivity contribution in [1.82, 2.24) is 9.80 Å². The first-order chi connectivity index (χ1) is 13.5. The van der Waals surface area contributed by atoms with E-state index < -0.39 is 0 Å². The minimum Gasteiger partial charge on any atom is -0.484 e. The molecule has 1 fully saturated rings. The molecule has 0 N–H and O–H groups in total. The van der Waals surface area contributed by atoms with Gasteiger partial charge in [0.15, 0.2) is 13.2 Å². The number of carbonyl (C=O) groups excluding carboxylic acids is 2. The maximum atomic E-state index is 12.3. The maximum absolute atomic E-state index is 12.3. The zero-order chi connectivity index (χ0) is 19.9. The molecule has 1 aliphatic rings. The molecule has 8 heteroatoms. The largest absolute Gasteiger partial charge is 0.484 e. The lowest BCUT2D eigenvalue weighted by molar-refractivity contribution is -0.141. The summed E-state index contributed by atoms with van der Waals surface area (Å²) >= 11 is 6.74. The van der Waals surface area contributed by atoms with Gasteiger partial charge in [-0.3, -0.25) is 9.59 Å². The fourth-order valence-electron chi connectivity index (χ4n) is 2.79. The molecule has 28 heavy (non-hydrogen) atoms. The molecule has 0 bridgehead atoms. The highest BCUT2D eigenvalue weighted by molar-refractivity contribution is 9.10. The molecular weight excluding hydrogens is 492 g/mol. The Morgan fingerprint density at radius 2 is 1.14 bits per heavy atom. The van der Waals surface area contributed by atoms with Crippen LogP contribution in [0, 0.1) is 0 Å². The van der Waals surface area contributed by atoms with Gasteiger partial charge in [0, 0.05) is 35.1 Å². The second-order valence-electron chi connectivity index (χ2n) is 6.25. The first-order valence-electron chi connectivity index (χ1n) is 8.83. The Morgan fingerprint density at radius 3 is 1.50 bits per heavy atom. The predicted molar refractivity (Wildman–Crippen MR) is 112 cm³/mol. The minimum atomic E-state index is -0.0857. The topological polar surface area (TPSA) is 59.1 Å². The SMILES string of the molecule is O=C(COc1cccc(Br)c1)N1CCN(C(=O)COc2cccc(Br)c2)CC1. The Labute approximate surface area is 180 Å². The summed E-state index contributed by atoms with van der Waals surface area (Å²) in [5, 5.41) is 0. The smallest absolute Gasteiger partial charge is 0.260 e. The molecule has 2 amide bonds. The van der Waals surface area contributed by atoms with Gasteiger partial charge in [-0.15, -0.1) is 0 Å². The van der Waals surface area contributed by atoms with E-state index in [-0.39, 0.29) is 25.0 Å². The predicted octanol–water partition coefficient (Wildman–Crippen LogP) is 3.34. The van der Waals surface area contributed by atoms with E-state index in [1.165, 1.54) is 0 Å². The van der Waals surface area contributed by atoms with Crippen LogP contribution in [-0.2, 0) is 9.59 Å². The number of benzene rings is 2. The molecule has 0 saturated carbocycles. The minimum absolute atomic E-state index is 0.0175. The Hall–Kier alpha value is -2.06. The summed E-state index contributed by atoms with van der Waals surface area (Å²) in [6.45, 7) is 1.92. The molecule has 0 atom stereocenters. The lowest BCUT2D eigenvalue weighted by Gasteiger charge is -2.34. The number of halogens is 2. The molecule has 2 aromatic carbocycles. The molecule has 3 rings (SSSR count). The number of nitrogens with zero attached hydrogens (tertiary/aromatic N) is 2. The van der Waals surface area contributed by atoms with Crippen LogP contribution in [0.15, 0.2) is 57.5 Å². The summed E-state index contributed by atoms with van der Waals surface area (Å²) in [6, 6.07) is 14.7. The molecular formula is C20H20Br2N2O4. The summed E-state index contributed by atoms with van der Waals surface area (Å²) in [6.07, 6.45) is 0. The van der Waals surface area contributed by atoms with E-state index in [4.69, 9.17) is 9.47 Å². The van der Waals surface area contributed by atoms with Crippen molar-refractivity contribution in [2.75, 3.05) is 39.4 Å². The van der Waals surface area contributed by atoms with Gasteiger partial charge in [-0.2, -0.15) is 0 Å². The number of rotatable bonds is 6. The van der Waals surface area contributed by atoms with Crippen LogP contribution in [0.2, 0.25) is 0 Å². The lowest BCUT2D eigenvalue weighted by atomic mass is 10.3. The lowest BCUT2D eigenvalue weighted by Crippen LogP contribution is -2.52. The fourth-order valence-corrected chi connectivity index (χ4v) is 3.55. The van der Waals surface area contributed by atoms with Gasteiger partial charge in [0.05, 0.1) is 0 Å². The van der Waals surface area contributed by atoms with Crippen molar-refractivity contribution >= 4 is 43.7 Å². The summed E-state index contributed by atoms with van der Waals surface area (Å²) < 4.78 is 12.9. The first-order valence-corrected chi connectivity index (χ1v) is 10.4. The summed E-state index contributed by atoms with van der Waals surface area (Å²) in [5.41, 5.74) is 0. The molecule has 0 unspecified atom stereocenters. The highest BCUT2D eigenvalue weighted by Gasteiger charge is 2.24. The van der Waals surface area contributed by atoms with Crippen molar-refractivity contribution in [1.29, 1.82) is 0 Å². The van der Waals surface area contributed by atoms with Crippen LogP contribution in [0.25, 0.3) is 0 Å². The molecule has 1 aliphatic heterocycles. The Kier molecular flexibility index (Phi) is 7.33. The highest BCUT2D eigenvalue weighted by Crippen LogP contribution is 2.19. The second kappa shape index (κ2) is 9.93. The highest BCUT2D eigenvalue weighted by atomic mass is 79.9. The van der Waals surface area contributed by atoms with Gasteiger partial charge in [0.2, 0.25) is 0 Å². The van der Waals surface area contributed by atoms with Gasteiger partial charge in [0.25, 0.3) is 11.8 Å². The van der Waals surface area contributed by atoms with Crippen molar-refractivity contribution in [3.63, 3.8) is 0 Å². The van der Waals surface area contributed by atoms with Crippen LogP contribution in [0.5, 0.6) is 11.5 Å². The number of ether oxygens (including phenoxy) is 2. The van der Waals surface area contributed by atoms with E-state index in [0.717, 1.165) is 8.95 Å². The van der Waals surface area contributed by atoms with Crippen molar-refractivity contribution in [2.45, 2.75) is 0 Å². The van der Waals surface area contributed by atoms with E-state index in [1.807, 2.05) is 36.4 Å². The van der Waals surface area contributed by atoms with E-state index in [9.17, 15) is 9.59 Å². The molecule has 1 heterocycles. The van der Waals surface area contributed by atoms with E-state index in [1.54, 1.807) is 21.9 Å². The maximum Gasteiger partial charge on any atom is 0.260 e. The van der Waals surface area contributed by atoms with Gasteiger partial charge in [0.1, 0.15) is 11.5 Å². The van der Waals surface area contributed by atoms with Gasteiger partial charge < -0.3 is 19.3 Å². The monoisotopic (exact) mass is 510 g/mol. The van der Waals surface area contributed by atoms with Crippen molar-refractivity contribution in [3.05, 3.63) is 57.5 Å². The van der Waals surface area contributed by atoms with Crippen LogP contribution in [0.3, 0.4) is 0 Å². The van der Waals surface area contributed by atoms with Crippen LogP contribution < -0.4 is 9.47 Å². The quantitative estimate of drug-likeness (QED) is 0.596. The molecule has 148 valence electrons. The Bertz CT molecular complexity index is 769. The molecule has 2 aromatic rings. The van der Waals surface area contributed by atoms with Crippen molar-refractivity contribution in [2.24, 2.45) is 0 Å². The number of piperazine rings is 1. The van der Waals surface area contributed by atoms with Gasteiger partial charge in [-0.05, 0) is 36.4 Å². The van der Waals surface area contributed by atoms with E-state index >= 15 is 0 Å². The molecule has 6 nitrogen and oxygen atoms in total. The van der Waals surface area contributed by atoms with Crippen molar-refractivity contribution < 1.29 is 19.1 Å². The Balaban J connectivity index is 1.40. The third-order valence-electron chi connectivity index (χ3n) is 4.30. The second-order valence-corrected chi connectivity index (χ2v) is 8.09. The van der Waals surface area contributed by atoms with Gasteiger partial charge in [-0.1, -0.05) is 44.0 Å². The normalized spacial score (nSPS) is 13.9. The number of carbonyl (C=O) groups is 2. The third-order valence-corrected chi connectivity index (χ3v) is 5.29. The average molecular weight is 512 g/mol. The molecule has 0 radical (unpaired) electrons. The Morgan fingerprint density at radius 1 is 0.750 bits per heavy atom. The van der Waals surface area contributed by atoms with Crippen molar-refractivity contribution in [3.8, 4) is 11.5 Å². The number of hydrogen-bond acceptors (Lipinski definition) is 4. The number of hydrogen-bond donors (Lipinski definition) is 0. The standard InChI is InChI=1S/C20H20Br2N2O4/c21-15-3-1-5-17(11-15)27-13-19(25)23-7-9-24(10-8-23)20(26)14-28-18-6-2-4-16(22)12-18/h1-6,11-12H,7-10,13-14H2. The van der Waals surface area contributed by atoms with Crippen LogP contribution in [0.1, 0.15) is 0 Å².